The molecule has 2 amide bonds. The van der Waals surface area contributed by atoms with Crippen LogP contribution >= 0.6 is 0 Å². The van der Waals surface area contributed by atoms with Gasteiger partial charge >= 0.3 is 6.03 Å². The van der Waals surface area contributed by atoms with E-state index < -0.39 is 0 Å². The molecule has 4 heteroatoms. The van der Waals surface area contributed by atoms with Crippen molar-refractivity contribution in [3.8, 4) is 0 Å². The Labute approximate surface area is 156 Å². The summed E-state index contributed by atoms with van der Waals surface area (Å²) in [6.45, 7) is 0.603. The van der Waals surface area contributed by atoms with Gasteiger partial charge in [-0.25, -0.2) is 4.79 Å². The zero-order valence-corrected chi connectivity index (χ0v) is 16.0. The van der Waals surface area contributed by atoms with Gasteiger partial charge in [0.1, 0.15) is 0 Å². The molecular formula is C22H29N3O. The fourth-order valence-electron chi connectivity index (χ4n) is 3.40. The Balaban J connectivity index is 1.63. The number of nitrogens with zero attached hydrogens (tertiary/aromatic N) is 2. The predicted molar refractivity (Wildman–Crippen MR) is 107 cm³/mol. The molecule has 3 rings (SSSR count). The second kappa shape index (κ2) is 8.26. The van der Waals surface area contributed by atoms with Crippen LogP contribution in [0, 0.1) is 5.92 Å². The van der Waals surface area contributed by atoms with Crippen molar-refractivity contribution in [3.63, 3.8) is 0 Å². The highest BCUT2D eigenvalue weighted by Gasteiger charge is 2.30. The first-order valence-electron chi connectivity index (χ1n) is 9.37. The summed E-state index contributed by atoms with van der Waals surface area (Å²) in [4.78, 5) is 16.6. The summed E-state index contributed by atoms with van der Waals surface area (Å²) in [6, 6.07) is 18.8. The van der Waals surface area contributed by atoms with Gasteiger partial charge in [-0.2, -0.15) is 0 Å². The maximum atomic E-state index is 12.8. The number of anilines is 1. The Morgan fingerprint density at radius 3 is 2.23 bits per heavy atom. The minimum absolute atomic E-state index is 0.0116. The Bertz CT molecular complexity index is 708. The second-order valence-electron chi connectivity index (χ2n) is 7.45. The molecule has 1 atom stereocenters. The van der Waals surface area contributed by atoms with Crippen molar-refractivity contribution >= 4 is 11.7 Å². The smallest absolute Gasteiger partial charge is 0.317 e. The maximum absolute atomic E-state index is 12.8. The molecule has 1 aliphatic carbocycles. The van der Waals surface area contributed by atoms with Crippen LogP contribution in [0.5, 0.6) is 0 Å². The van der Waals surface area contributed by atoms with Crippen LogP contribution in [-0.4, -0.2) is 32.1 Å². The molecule has 1 unspecified atom stereocenters. The number of urea groups is 1. The van der Waals surface area contributed by atoms with E-state index in [4.69, 9.17) is 0 Å². The minimum atomic E-state index is -0.0116. The number of hydrogen-bond donors (Lipinski definition) is 1. The van der Waals surface area contributed by atoms with E-state index in [0.29, 0.717) is 12.5 Å². The number of carbonyl (C=O) groups is 1. The average molecular weight is 351 g/mol. The molecule has 1 aliphatic rings. The lowest BCUT2D eigenvalue weighted by molar-refractivity contribution is 0.182. The predicted octanol–water partition coefficient (Wildman–Crippen LogP) is 4.44. The lowest BCUT2D eigenvalue weighted by atomic mass is 9.77. The minimum Gasteiger partial charge on any atom is -0.378 e. The molecule has 1 saturated carbocycles. The normalized spacial score (nSPS) is 15.0. The van der Waals surface area contributed by atoms with Crippen LogP contribution in [0.4, 0.5) is 10.5 Å². The Kier molecular flexibility index (Phi) is 5.82. The van der Waals surface area contributed by atoms with Crippen molar-refractivity contribution in [1.29, 1.82) is 0 Å². The van der Waals surface area contributed by atoms with E-state index in [1.54, 1.807) is 4.90 Å². The van der Waals surface area contributed by atoms with E-state index in [0.717, 1.165) is 11.3 Å². The topological polar surface area (TPSA) is 35.6 Å². The van der Waals surface area contributed by atoms with Crippen molar-refractivity contribution in [2.45, 2.75) is 31.8 Å². The first-order valence-corrected chi connectivity index (χ1v) is 9.37. The third kappa shape index (κ3) is 4.37. The van der Waals surface area contributed by atoms with Crippen molar-refractivity contribution in [3.05, 3.63) is 65.7 Å². The van der Waals surface area contributed by atoms with Gasteiger partial charge < -0.3 is 15.1 Å². The summed E-state index contributed by atoms with van der Waals surface area (Å²) in [7, 11) is 5.91. The van der Waals surface area contributed by atoms with Gasteiger partial charge in [0.25, 0.3) is 0 Å². The highest BCUT2D eigenvalue weighted by atomic mass is 16.2. The van der Waals surface area contributed by atoms with Gasteiger partial charge in [-0.1, -0.05) is 48.9 Å². The first-order chi connectivity index (χ1) is 12.5. The van der Waals surface area contributed by atoms with Crippen LogP contribution in [0.1, 0.15) is 36.4 Å². The van der Waals surface area contributed by atoms with E-state index in [2.05, 4.69) is 46.6 Å². The van der Waals surface area contributed by atoms with Crippen LogP contribution in [0.3, 0.4) is 0 Å². The zero-order chi connectivity index (χ0) is 18.5. The summed E-state index contributed by atoms with van der Waals surface area (Å²) in [5, 5.41) is 3.26. The van der Waals surface area contributed by atoms with Gasteiger partial charge in [0.2, 0.25) is 0 Å². The summed E-state index contributed by atoms with van der Waals surface area (Å²) < 4.78 is 0. The van der Waals surface area contributed by atoms with Crippen LogP contribution in [0.15, 0.2) is 54.6 Å². The molecule has 0 aromatic heterocycles. The average Bonchev–Trinajstić information content (AvgIpc) is 2.60. The highest BCUT2D eigenvalue weighted by molar-refractivity contribution is 5.74. The molecule has 0 spiro atoms. The lowest BCUT2D eigenvalue weighted by Crippen LogP contribution is -2.42. The van der Waals surface area contributed by atoms with Gasteiger partial charge in [-0.05, 0) is 42.0 Å². The van der Waals surface area contributed by atoms with E-state index in [-0.39, 0.29) is 12.1 Å². The van der Waals surface area contributed by atoms with Gasteiger partial charge in [0.15, 0.2) is 0 Å². The quantitative estimate of drug-likeness (QED) is 0.835. The Morgan fingerprint density at radius 1 is 1.04 bits per heavy atom. The van der Waals surface area contributed by atoms with Gasteiger partial charge in [-0.3, -0.25) is 0 Å². The molecule has 1 N–H and O–H groups in total. The summed E-state index contributed by atoms with van der Waals surface area (Å²) in [5.74, 6) is 0.550. The standard InChI is InChI=1S/C22H29N3O/c1-24(2)20-14-12-17(13-15-20)16-25(3)22(26)23-21(19-10-7-11-19)18-8-5-4-6-9-18/h4-6,8-9,12-15,19,21H,7,10-11,16H2,1-3H3,(H,23,26). The van der Waals surface area contributed by atoms with Crippen molar-refractivity contribution in [1.82, 2.24) is 10.2 Å². The van der Waals surface area contributed by atoms with Crippen LogP contribution in [-0.2, 0) is 6.54 Å². The third-order valence-electron chi connectivity index (χ3n) is 5.28. The Hall–Kier alpha value is -2.49. The molecule has 26 heavy (non-hydrogen) atoms. The molecule has 1 fully saturated rings. The number of nitrogens with one attached hydrogen (secondary N) is 1. The maximum Gasteiger partial charge on any atom is 0.317 e. The number of benzene rings is 2. The molecular weight excluding hydrogens is 322 g/mol. The number of rotatable bonds is 6. The fourth-order valence-corrected chi connectivity index (χ4v) is 3.40. The van der Waals surface area contributed by atoms with Crippen molar-refractivity contribution in [2.75, 3.05) is 26.0 Å². The van der Waals surface area contributed by atoms with Crippen LogP contribution in [0.2, 0.25) is 0 Å². The molecule has 4 nitrogen and oxygen atoms in total. The summed E-state index contributed by atoms with van der Waals surface area (Å²) in [6.07, 6.45) is 3.64. The Morgan fingerprint density at radius 2 is 1.69 bits per heavy atom. The SMILES string of the molecule is CN(Cc1ccc(N(C)C)cc1)C(=O)NC(c1ccccc1)C1CCC1. The molecule has 2 aromatic carbocycles. The molecule has 2 aromatic rings. The van der Waals surface area contributed by atoms with Crippen molar-refractivity contribution in [2.24, 2.45) is 5.92 Å². The lowest BCUT2D eigenvalue weighted by Gasteiger charge is -2.35. The zero-order valence-electron chi connectivity index (χ0n) is 16.0. The van der Waals surface area contributed by atoms with E-state index >= 15 is 0 Å². The van der Waals surface area contributed by atoms with Crippen molar-refractivity contribution < 1.29 is 4.79 Å². The number of carbonyl (C=O) groups excluding carboxylic acids is 1. The molecule has 0 heterocycles. The second-order valence-corrected chi connectivity index (χ2v) is 7.45. The van der Waals surface area contributed by atoms with E-state index in [9.17, 15) is 4.79 Å². The third-order valence-corrected chi connectivity index (χ3v) is 5.28. The van der Waals surface area contributed by atoms with E-state index in [1.807, 2.05) is 39.3 Å². The first kappa shape index (κ1) is 18.3. The summed E-state index contributed by atoms with van der Waals surface area (Å²) >= 11 is 0. The number of hydrogen-bond acceptors (Lipinski definition) is 2. The van der Waals surface area contributed by atoms with Gasteiger partial charge in [0.05, 0.1) is 6.04 Å². The fraction of sp³-hybridized carbons (Fsp3) is 0.409. The van der Waals surface area contributed by atoms with E-state index in [1.165, 1.54) is 24.8 Å². The largest absolute Gasteiger partial charge is 0.378 e. The highest BCUT2D eigenvalue weighted by Crippen LogP contribution is 2.37. The molecule has 0 bridgehead atoms. The number of amides is 2. The van der Waals surface area contributed by atoms with Crippen LogP contribution in [0.25, 0.3) is 0 Å². The molecule has 138 valence electrons. The molecule has 0 saturated heterocycles. The molecule has 0 aliphatic heterocycles. The van der Waals surface area contributed by atoms with Gasteiger partial charge in [-0.15, -0.1) is 0 Å². The van der Waals surface area contributed by atoms with Gasteiger partial charge in [0, 0.05) is 33.4 Å². The summed E-state index contributed by atoms with van der Waals surface area (Å²) in [5.41, 5.74) is 3.50. The molecule has 0 radical (unpaired) electrons. The van der Waals surface area contributed by atoms with Crippen LogP contribution < -0.4 is 10.2 Å². The monoisotopic (exact) mass is 351 g/mol.